The van der Waals surface area contributed by atoms with Crippen LogP contribution in [-0.4, -0.2) is 52.0 Å². The molecule has 0 aromatic carbocycles. The van der Waals surface area contributed by atoms with Crippen molar-refractivity contribution in [2.75, 3.05) is 26.8 Å². The van der Waals surface area contributed by atoms with Crippen LogP contribution in [0, 0.1) is 11.8 Å². The zero-order valence-electron chi connectivity index (χ0n) is 13.2. The van der Waals surface area contributed by atoms with E-state index >= 15 is 0 Å². The summed E-state index contributed by atoms with van der Waals surface area (Å²) in [5.74, 6) is 1.92. The molecular weight excluding hydrogens is 266 g/mol. The second-order valence-electron chi connectivity index (χ2n) is 6.72. The summed E-state index contributed by atoms with van der Waals surface area (Å²) in [7, 11) is 1.72. The summed E-state index contributed by atoms with van der Waals surface area (Å²) < 4.78 is 7.29. The van der Waals surface area contributed by atoms with Gasteiger partial charge >= 0.3 is 0 Å². The molecule has 0 bridgehead atoms. The normalized spacial score (nSPS) is 30.7. The highest BCUT2D eigenvalue weighted by Gasteiger charge is 2.49. The number of hydrogen-bond donors (Lipinski definition) is 1. The summed E-state index contributed by atoms with van der Waals surface area (Å²) >= 11 is 0. The standard InChI is InChI=1S/C16H27N3O2/c1-13-10-18(12-16(13,20)14-4-3-5-14)11-15-17-6-7-19(15)8-9-21-2/h6-7,13-14,20H,3-5,8-12H2,1-2H3/t13-,16+/m1/s1. The van der Waals surface area contributed by atoms with Crippen LogP contribution in [0.4, 0.5) is 0 Å². The molecule has 2 heterocycles. The molecule has 0 radical (unpaired) electrons. The minimum absolute atomic E-state index is 0.352. The fourth-order valence-corrected chi connectivity index (χ4v) is 3.77. The van der Waals surface area contributed by atoms with Gasteiger partial charge in [0.2, 0.25) is 0 Å². The van der Waals surface area contributed by atoms with E-state index in [1.54, 1.807) is 7.11 Å². The summed E-state index contributed by atoms with van der Waals surface area (Å²) in [5, 5.41) is 11.0. The maximum Gasteiger partial charge on any atom is 0.122 e. The van der Waals surface area contributed by atoms with Gasteiger partial charge in [0.05, 0.1) is 18.8 Å². The molecule has 2 fully saturated rings. The first kappa shape index (κ1) is 15.0. The highest BCUT2D eigenvalue weighted by atomic mass is 16.5. The average Bonchev–Trinajstić information content (AvgIpc) is 2.91. The Morgan fingerprint density at radius 2 is 2.29 bits per heavy atom. The first-order valence-corrected chi connectivity index (χ1v) is 8.07. The van der Waals surface area contributed by atoms with Crippen molar-refractivity contribution < 1.29 is 9.84 Å². The average molecular weight is 293 g/mol. The predicted molar refractivity (Wildman–Crippen MR) is 80.8 cm³/mol. The molecule has 1 aliphatic carbocycles. The molecule has 1 aromatic heterocycles. The third-order valence-corrected chi connectivity index (χ3v) is 5.38. The molecule has 1 aromatic rings. The van der Waals surface area contributed by atoms with Crippen LogP contribution in [0.25, 0.3) is 0 Å². The number of rotatable bonds is 6. The summed E-state index contributed by atoms with van der Waals surface area (Å²) in [4.78, 5) is 6.82. The molecule has 0 amide bonds. The second kappa shape index (κ2) is 6.07. The highest BCUT2D eigenvalue weighted by Crippen LogP contribution is 2.44. The van der Waals surface area contributed by atoms with Gasteiger partial charge in [-0.1, -0.05) is 13.3 Å². The number of likely N-dealkylation sites (tertiary alicyclic amines) is 1. The van der Waals surface area contributed by atoms with Crippen LogP contribution in [0.3, 0.4) is 0 Å². The van der Waals surface area contributed by atoms with Crippen molar-refractivity contribution >= 4 is 0 Å². The molecule has 1 saturated carbocycles. The molecule has 21 heavy (non-hydrogen) atoms. The van der Waals surface area contributed by atoms with Crippen molar-refractivity contribution in [2.45, 2.75) is 44.9 Å². The smallest absolute Gasteiger partial charge is 0.122 e. The number of aliphatic hydroxyl groups is 1. The number of imidazole rings is 1. The Morgan fingerprint density at radius 1 is 1.48 bits per heavy atom. The van der Waals surface area contributed by atoms with Crippen LogP contribution < -0.4 is 0 Å². The van der Waals surface area contributed by atoms with Gasteiger partial charge in [-0.25, -0.2) is 4.98 Å². The molecule has 2 atom stereocenters. The number of hydrogen-bond acceptors (Lipinski definition) is 4. The topological polar surface area (TPSA) is 50.5 Å². The van der Waals surface area contributed by atoms with Gasteiger partial charge in [-0.2, -0.15) is 0 Å². The van der Waals surface area contributed by atoms with Gasteiger partial charge in [-0.15, -0.1) is 0 Å². The quantitative estimate of drug-likeness (QED) is 0.864. The zero-order valence-corrected chi connectivity index (χ0v) is 13.2. The SMILES string of the molecule is COCCn1ccnc1CN1C[C@@H](C)[C@](O)(C2CCC2)C1. The van der Waals surface area contributed by atoms with Crippen LogP contribution in [0.1, 0.15) is 32.0 Å². The number of methoxy groups -OCH3 is 1. The number of ether oxygens (including phenoxy) is 1. The van der Waals surface area contributed by atoms with E-state index < -0.39 is 5.60 Å². The lowest BCUT2D eigenvalue weighted by Gasteiger charge is -2.41. The molecule has 1 aliphatic heterocycles. The third kappa shape index (κ3) is 2.87. The summed E-state index contributed by atoms with van der Waals surface area (Å²) in [6, 6.07) is 0. The fraction of sp³-hybridized carbons (Fsp3) is 0.812. The maximum absolute atomic E-state index is 11.0. The fourth-order valence-electron chi connectivity index (χ4n) is 3.77. The molecule has 5 nitrogen and oxygen atoms in total. The van der Waals surface area contributed by atoms with E-state index in [9.17, 15) is 5.11 Å². The van der Waals surface area contributed by atoms with Crippen LogP contribution in [-0.2, 0) is 17.8 Å². The van der Waals surface area contributed by atoms with Gasteiger partial charge in [0.15, 0.2) is 0 Å². The van der Waals surface area contributed by atoms with Crippen LogP contribution >= 0.6 is 0 Å². The summed E-state index contributed by atoms with van der Waals surface area (Å²) in [5.41, 5.74) is -0.484. The van der Waals surface area contributed by atoms with Crippen molar-refractivity contribution in [1.29, 1.82) is 0 Å². The van der Waals surface area contributed by atoms with Crippen LogP contribution in [0.15, 0.2) is 12.4 Å². The molecule has 5 heteroatoms. The van der Waals surface area contributed by atoms with E-state index in [-0.39, 0.29) is 0 Å². The van der Waals surface area contributed by atoms with Gasteiger partial charge in [-0.05, 0) is 24.7 Å². The first-order chi connectivity index (χ1) is 10.1. The third-order valence-electron chi connectivity index (χ3n) is 5.38. The molecule has 118 valence electrons. The Bertz CT molecular complexity index is 472. The Hall–Kier alpha value is -0.910. The highest BCUT2D eigenvalue weighted by molar-refractivity contribution is 5.04. The number of nitrogens with zero attached hydrogens (tertiary/aromatic N) is 3. The summed E-state index contributed by atoms with van der Waals surface area (Å²) in [6.45, 7) is 6.29. The monoisotopic (exact) mass is 293 g/mol. The number of aromatic nitrogens is 2. The Balaban J connectivity index is 1.62. The molecule has 0 unspecified atom stereocenters. The van der Waals surface area contributed by atoms with Gasteiger partial charge in [0.1, 0.15) is 5.82 Å². The molecule has 1 saturated heterocycles. The van der Waals surface area contributed by atoms with Gasteiger partial charge in [-0.3, -0.25) is 4.90 Å². The largest absolute Gasteiger partial charge is 0.388 e. The van der Waals surface area contributed by atoms with Crippen molar-refractivity contribution in [3.05, 3.63) is 18.2 Å². The zero-order chi connectivity index (χ0) is 14.9. The van der Waals surface area contributed by atoms with Crippen molar-refractivity contribution in [3.8, 4) is 0 Å². The van der Waals surface area contributed by atoms with E-state index in [0.717, 1.165) is 32.0 Å². The maximum atomic E-state index is 11.0. The number of β-amino-alcohol motifs (C(OH)–C–C–N with tert-alkyl or cyclic N) is 1. The molecule has 1 N–H and O–H groups in total. The van der Waals surface area contributed by atoms with E-state index in [0.29, 0.717) is 18.4 Å². The minimum atomic E-state index is -0.484. The van der Waals surface area contributed by atoms with Gasteiger partial charge in [0, 0.05) is 39.1 Å². The summed E-state index contributed by atoms with van der Waals surface area (Å²) in [6.07, 6.45) is 7.52. The molecule has 3 rings (SSSR count). The van der Waals surface area contributed by atoms with E-state index in [1.165, 1.54) is 19.3 Å². The molecular formula is C16H27N3O2. The van der Waals surface area contributed by atoms with E-state index in [2.05, 4.69) is 21.4 Å². The van der Waals surface area contributed by atoms with E-state index in [1.807, 2.05) is 12.4 Å². The van der Waals surface area contributed by atoms with Crippen LogP contribution in [0.2, 0.25) is 0 Å². The van der Waals surface area contributed by atoms with Crippen molar-refractivity contribution in [3.63, 3.8) is 0 Å². The Labute approximate surface area is 126 Å². The minimum Gasteiger partial charge on any atom is -0.388 e. The van der Waals surface area contributed by atoms with Crippen molar-refractivity contribution in [2.24, 2.45) is 11.8 Å². The lowest BCUT2D eigenvalue weighted by atomic mass is 9.69. The molecule has 0 spiro atoms. The Kier molecular flexibility index (Phi) is 4.33. The molecule has 2 aliphatic rings. The second-order valence-corrected chi connectivity index (χ2v) is 6.72. The Morgan fingerprint density at radius 3 is 2.95 bits per heavy atom. The lowest BCUT2D eigenvalue weighted by Crippen LogP contribution is -2.47. The van der Waals surface area contributed by atoms with E-state index in [4.69, 9.17) is 4.74 Å². The van der Waals surface area contributed by atoms with Crippen molar-refractivity contribution in [1.82, 2.24) is 14.5 Å². The van der Waals surface area contributed by atoms with Gasteiger partial charge in [0.25, 0.3) is 0 Å². The van der Waals surface area contributed by atoms with Crippen LogP contribution in [0.5, 0.6) is 0 Å². The van der Waals surface area contributed by atoms with Gasteiger partial charge < -0.3 is 14.4 Å². The lowest BCUT2D eigenvalue weighted by molar-refractivity contribution is -0.0673. The first-order valence-electron chi connectivity index (χ1n) is 8.07. The predicted octanol–water partition coefficient (Wildman–Crippen LogP) is 1.51.